The fourth-order valence-electron chi connectivity index (χ4n) is 2.40. The quantitative estimate of drug-likeness (QED) is 0.807. The third-order valence-corrected chi connectivity index (χ3v) is 4.12. The largest absolute Gasteiger partial charge is 0.399 e. The maximum Gasteiger partial charge on any atom is 0.143 e. The van der Waals surface area contributed by atoms with Gasteiger partial charge in [0.1, 0.15) is 5.82 Å². The highest BCUT2D eigenvalue weighted by Crippen LogP contribution is 2.30. The van der Waals surface area contributed by atoms with E-state index in [2.05, 4.69) is 31.9 Å². The minimum atomic E-state index is 0.636. The van der Waals surface area contributed by atoms with Gasteiger partial charge in [-0.05, 0) is 51.7 Å². The first-order valence-corrected chi connectivity index (χ1v) is 7.24. The van der Waals surface area contributed by atoms with Crippen molar-refractivity contribution in [1.82, 2.24) is 4.98 Å². The van der Waals surface area contributed by atoms with Crippen molar-refractivity contribution in [2.75, 3.05) is 17.2 Å². The number of anilines is 2. The molecular formula is C14H13BrClN3. The number of rotatable bonds is 1. The van der Waals surface area contributed by atoms with Gasteiger partial charge in [0, 0.05) is 25.0 Å². The Balaban J connectivity index is 1.93. The van der Waals surface area contributed by atoms with E-state index >= 15 is 0 Å². The van der Waals surface area contributed by atoms with E-state index in [4.69, 9.17) is 17.3 Å². The second kappa shape index (κ2) is 5.02. The molecule has 0 saturated carbocycles. The Bertz CT molecular complexity index is 630. The summed E-state index contributed by atoms with van der Waals surface area (Å²) in [5.41, 5.74) is 9.31. The summed E-state index contributed by atoms with van der Waals surface area (Å²) >= 11 is 9.45. The van der Waals surface area contributed by atoms with E-state index < -0.39 is 0 Å². The van der Waals surface area contributed by atoms with Crippen molar-refractivity contribution in [3.05, 3.63) is 51.1 Å². The van der Waals surface area contributed by atoms with E-state index in [0.29, 0.717) is 5.02 Å². The lowest BCUT2D eigenvalue weighted by Gasteiger charge is -2.30. The molecule has 0 radical (unpaired) electrons. The molecule has 0 fully saturated rings. The van der Waals surface area contributed by atoms with Gasteiger partial charge in [-0.1, -0.05) is 17.7 Å². The number of pyridine rings is 1. The van der Waals surface area contributed by atoms with Crippen LogP contribution >= 0.6 is 27.5 Å². The van der Waals surface area contributed by atoms with Crippen LogP contribution in [0.25, 0.3) is 0 Å². The Morgan fingerprint density at radius 3 is 2.89 bits per heavy atom. The van der Waals surface area contributed by atoms with Gasteiger partial charge in [-0.15, -0.1) is 0 Å². The Hall–Kier alpha value is -1.26. The van der Waals surface area contributed by atoms with Crippen LogP contribution in [0, 0.1) is 0 Å². The zero-order chi connectivity index (χ0) is 13.4. The van der Waals surface area contributed by atoms with Gasteiger partial charge in [-0.25, -0.2) is 4.98 Å². The highest BCUT2D eigenvalue weighted by atomic mass is 79.9. The molecule has 0 aliphatic carbocycles. The molecule has 3 nitrogen and oxygen atoms in total. The molecule has 2 N–H and O–H groups in total. The molecule has 0 unspecified atom stereocenters. The Morgan fingerprint density at radius 2 is 2.11 bits per heavy atom. The van der Waals surface area contributed by atoms with Gasteiger partial charge < -0.3 is 10.6 Å². The first-order chi connectivity index (χ1) is 9.13. The average Bonchev–Trinajstić information content (AvgIpc) is 2.38. The zero-order valence-electron chi connectivity index (χ0n) is 10.2. The minimum absolute atomic E-state index is 0.636. The third-order valence-electron chi connectivity index (χ3n) is 3.33. The molecule has 98 valence electrons. The van der Waals surface area contributed by atoms with E-state index in [1.807, 2.05) is 18.2 Å². The number of nitrogens with two attached hydrogens (primary N) is 1. The van der Waals surface area contributed by atoms with E-state index in [0.717, 1.165) is 35.5 Å². The van der Waals surface area contributed by atoms with E-state index in [1.54, 1.807) is 6.20 Å². The predicted molar refractivity (Wildman–Crippen MR) is 82.6 cm³/mol. The maximum atomic E-state index is 5.93. The molecule has 1 aromatic carbocycles. The summed E-state index contributed by atoms with van der Waals surface area (Å²) < 4.78 is 0.923. The fourth-order valence-corrected chi connectivity index (χ4v) is 3.29. The molecule has 5 heteroatoms. The average molecular weight is 339 g/mol. The summed E-state index contributed by atoms with van der Waals surface area (Å²) in [5.74, 6) is 0.928. The van der Waals surface area contributed by atoms with Gasteiger partial charge in [0.25, 0.3) is 0 Å². The molecule has 3 rings (SSSR count). The topological polar surface area (TPSA) is 42.1 Å². The minimum Gasteiger partial charge on any atom is -0.399 e. The van der Waals surface area contributed by atoms with Crippen LogP contribution in [-0.2, 0) is 13.0 Å². The predicted octanol–water partition coefficient (Wildman–Crippen LogP) is 3.64. The van der Waals surface area contributed by atoms with Gasteiger partial charge >= 0.3 is 0 Å². The van der Waals surface area contributed by atoms with Crippen molar-refractivity contribution >= 4 is 39.0 Å². The number of hydrogen-bond acceptors (Lipinski definition) is 3. The van der Waals surface area contributed by atoms with Gasteiger partial charge in [-0.2, -0.15) is 0 Å². The van der Waals surface area contributed by atoms with Crippen LogP contribution < -0.4 is 10.6 Å². The lowest BCUT2D eigenvalue weighted by molar-refractivity contribution is 0.719. The molecule has 19 heavy (non-hydrogen) atoms. The Kier molecular flexibility index (Phi) is 3.37. The van der Waals surface area contributed by atoms with Crippen LogP contribution in [0.15, 0.2) is 34.9 Å². The van der Waals surface area contributed by atoms with Crippen LogP contribution in [0.1, 0.15) is 11.1 Å². The summed E-state index contributed by atoms with van der Waals surface area (Å²) in [6.07, 6.45) is 2.68. The molecule has 1 aliphatic heterocycles. The number of halogens is 2. The van der Waals surface area contributed by atoms with Gasteiger partial charge in [0.05, 0.1) is 9.50 Å². The molecule has 2 aromatic rings. The highest BCUT2D eigenvalue weighted by Gasteiger charge is 2.19. The molecule has 0 bridgehead atoms. The second-order valence-corrected chi connectivity index (χ2v) is 5.95. The standard InChI is InChI=1S/C14H13BrClN3/c15-13-6-11(16)7-18-14(13)19-4-3-9-1-2-12(17)5-10(9)8-19/h1-2,5-7H,3-4,8,17H2. The number of fused-ring (bicyclic) bond motifs is 1. The number of hydrogen-bond donors (Lipinski definition) is 1. The van der Waals surface area contributed by atoms with Crippen molar-refractivity contribution in [2.45, 2.75) is 13.0 Å². The lowest BCUT2D eigenvalue weighted by atomic mass is 9.99. The molecule has 1 aliphatic rings. The molecule has 0 saturated heterocycles. The van der Waals surface area contributed by atoms with Crippen molar-refractivity contribution < 1.29 is 0 Å². The number of nitrogen functional groups attached to an aromatic ring is 1. The summed E-state index contributed by atoms with van der Waals surface area (Å²) in [6.45, 7) is 1.78. The summed E-state index contributed by atoms with van der Waals surface area (Å²) in [7, 11) is 0. The van der Waals surface area contributed by atoms with Gasteiger partial charge in [0.15, 0.2) is 0 Å². The van der Waals surface area contributed by atoms with Crippen molar-refractivity contribution in [2.24, 2.45) is 0 Å². The van der Waals surface area contributed by atoms with E-state index in [1.165, 1.54) is 11.1 Å². The van der Waals surface area contributed by atoms with Crippen molar-refractivity contribution in [3.63, 3.8) is 0 Å². The van der Waals surface area contributed by atoms with Crippen molar-refractivity contribution in [3.8, 4) is 0 Å². The van der Waals surface area contributed by atoms with E-state index in [9.17, 15) is 0 Å². The van der Waals surface area contributed by atoms with Gasteiger partial charge in [0.2, 0.25) is 0 Å². The highest BCUT2D eigenvalue weighted by molar-refractivity contribution is 9.10. The number of aromatic nitrogens is 1. The summed E-state index contributed by atoms with van der Waals surface area (Å²) in [5, 5.41) is 0.636. The number of nitrogens with zero attached hydrogens (tertiary/aromatic N) is 2. The number of benzene rings is 1. The molecular weight excluding hydrogens is 326 g/mol. The molecule has 0 spiro atoms. The smallest absolute Gasteiger partial charge is 0.143 e. The van der Waals surface area contributed by atoms with Gasteiger partial charge in [-0.3, -0.25) is 0 Å². The van der Waals surface area contributed by atoms with E-state index in [-0.39, 0.29) is 0 Å². The fraction of sp³-hybridized carbons (Fsp3) is 0.214. The normalized spacial score (nSPS) is 14.3. The molecule has 0 amide bonds. The monoisotopic (exact) mass is 337 g/mol. The molecule has 2 heterocycles. The Labute approximate surface area is 125 Å². The van der Waals surface area contributed by atoms with Crippen molar-refractivity contribution in [1.29, 1.82) is 0 Å². The third kappa shape index (κ3) is 2.55. The Morgan fingerprint density at radius 1 is 1.26 bits per heavy atom. The summed E-state index contributed by atoms with van der Waals surface area (Å²) in [4.78, 5) is 6.65. The second-order valence-electron chi connectivity index (χ2n) is 4.66. The van der Waals surface area contributed by atoms with Crippen LogP contribution in [0.5, 0.6) is 0 Å². The maximum absolute atomic E-state index is 5.93. The van der Waals surface area contributed by atoms with Crippen LogP contribution in [0.3, 0.4) is 0 Å². The van der Waals surface area contributed by atoms with Crippen LogP contribution in [0.4, 0.5) is 11.5 Å². The zero-order valence-corrected chi connectivity index (χ0v) is 12.6. The first kappa shape index (κ1) is 12.8. The van der Waals surface area contributed by atoms with Crippen LogP contribution in [0.2, 0.25) is 5.02 Å². The molecule has 1 aromatic heterocycles. The summed E-state index contributed by atoms with van der Waals surface area (Å²) in [6, 6.07) is 8.00. The van der Waals surface area contributed by atoms with Crippen LogP contribution in [-0.4, -0.2) is 11.5 Å². The molecule has 0 atom stereocenters. The SMILES string of the molecule is Nc1ccc2c(c1)CN(c1ncc(Cl)cc1Br)CC2. The lowest BCUT2D eigenvalue weighted by Crippen LogP contribution is -2.31. The first-order valence-electron chi connectivity index (χ1n) is 6.07.